The van der Waals surface area contributed by atoms with Crippen LogP contribution in [0.5, 0.6) is 0 Å². The van der Waals surface area contributed by atoms with E-state index < -0.39 is 0 Å². The average Bonchev–Trinajstić information content (AvgIpc) is 2.48. The SMILES string of the molecule is CCCNc1nccc(C(=O)Nc2ccc(C)cc2C)n1. The van der Waals surface area contributed by atoms with Crippen LogP contribution < -0.4 is 10.6 Å². The number of hydrogen-bond donors (Lipinski definition) is 2. The molecule has 1 aromatic carbocycles. The molecule has 0 aliphatic heterocycles. The molecule has 5 nitrogen and oxygen atoms in total. The van der Waals surface area contributed by atoms with Gasteiger partial charge in [0.2, 0.25) is 5.95 Å². The van der Waals surface area contributed by atoms with Crippen molar-refractivity contribution in [2.24, 2.45) is 0 Å². The summed E-state index contributed by atoms with van der Waals surface area (Å²) in [4.78, 5) is 20.6. The highest BCUT2D eigenvalue weighted by Gasteiger charge is 2.10. The highest BCUT2D eigenvalue weighted by atomic mass is 16.1. The minimum Gasteiger partial charge on any atom is -0.354 e. The maximum atomic E-state index is 12.2. The third-order valence-corrected chi connectivity index (χ3v) is 3.05. The van der Waals surface area contributed by atoms with Crippen LogP contribution in [-0.2, 0) is 0 Å². The molecular weight excluding hydrogens is 264 g/mol. The highest BCUT2D eigenvalue weighted by molar-refractivity contribution is 6.03. The average molecular weight is 284 g/mol. The van der Waals surface area contributed by atoms with Gasteiger partial charge in [-0.05, 0) is 38.0 Å². The summed E-state index contributed by atoms with van der Waals surface area (Å²) in [6, 6.07) is 7.51. The lowest BCUT2D eigenvalue weighted by molar-refractivity contribution is 0.102. The van der Waals surface area contributed by atoms with Gasteiger partial charge in [0.05, 0.1) is 0 Å². The Morgan fingerprint density at radius 3 is 2.76 bits per heavy atom. The van der Waals surface area contributed by atoms with Crippen LogP contribution in [0.25, 0.3) is 0 Å². The summed E-state index contributed by atoms with van der Waals surface area (Å²) in [7, 11) is 0. The van der Waals surface area contributed by atoms with Crippen LogP contribution in [0, 0.1) is 13.8 Å². The molecule has 2 aromatic rings. The summed E-state index contributed by atoms with van der Waals surface area (Å²) in [5.41, 5.74) is 3.34. The molecule has 0 radical (unpaired) electrons. The van der Waals surface area contributed by atoms with Crippen LogP contribution in [0.4, 0.5) is 11.6 Å². The number of hydrogen-bond acceptors (Lipinski definition) is 4. The van der Waals surface area contributed by atoms with Crippen molar-refractivity contribution < 1.29 is 4.79 Å². The molecule has 110 valence electrons. The van der Waals surface area contributed by atoms with Crippen molar-refractivity contribution in [3.63, 3.8) is 0 Å². The zero-order valence-electron chi connectivity index (χ0n) is 12.6. The van der Waals surface area contributed by atoms with Crippen molar-refractivity contribution >= 4 is 17.5 Å². The number of aryl methyl sites for hydroxylation is 2. The second-order valence-corrected chi connectivity index (χ2v) is 4.96. The zero-order valence-corrected chi connectivity index (χ0v) is 12.6. The van der Waals surface area contributed by atoms with Gasteiger partial charge in [-0.3, -0.25) is 4.79 Å². The summed E-state index contributed by atoms with van der Waals surface area (Å²) < 4.78 is 0. The predicted octanol–water partition coefficient (Wildman–Crippen LogP) is 3.17. The van der Waals surface area contributed by atoms with E-state index in [1.165, 1.54) is 5.56 Å². The molecule has 21 heavy (non-hydrogen) atoms. The van der Waals surface area contributed by atoms with Gasteiger partial charge in [-0.2, -0.15) is 0 Å². The Labute approximate surface area is 124 Å². The predicted molar refractivity (Wildman–Crippen MR) is 84.7 cm³/mol. The maximum absolute atomic E-state index is 12.2. The molecule has 0 spiro atoms. The molecule has 1 amide bonds. The molecule has 0 fully saturated rings. The molecule has 1 aromatic heterocycles. The van der Waals surface area contributed by atoms with E-state index in [-0.39, 0.29) is 5.91 Å². The lowest BCUT2D eigenvalue weighted by Gasteiger charge is -2.09. The molecule has 0 bridgehead atoms. The van der Waals surface area contributed by atoms with Crippen LogP contribution in [0.15, 0.2) is 30.5 Å². The minimum absolute atomic E-state index is 0.232. The van der Waals surface area contributed by atoms with Gasteiger partial charge in [0.25, 0.3) is 5.91 Å². The Morgan fingerprint density at radius 2 is 2.05 bits per heavy atom. The van der Waals surface area contributed by atoms with Crippen LogP contribution in [0.2, 0.25) is 0 Å². The first kappa shape index (κ1) is 15.0. The number of aromatic nitrogens is 2. The number of anilines is 2. The quantitative estimate of drug-likeness (QED) is 0.885. The fourth-order valence-electron chi connectivity index (χ4n) is 1.95. The summed E-state index contributed by atoms with van der Waals surface area (Å²) >= 11 is 0. The van der Waals surface area contributed by atoms with Crippen molar-refractivity contribution in [3.05, 3.63) is 47.3 Å². The number of rotatable bonds is 5. The molecule has 2 rings (SSSR count). The molecule has 0 aliphatic carbocycles. The molecule has 0 saturated heterocycles. The molecule has 0 aliphatic rings. The van der Waals surface area contributed by atoms with Gasteiger partial charge in [0.1, 0.15) is 5.69 Å². The van der Waals surface area contributed by atoms with Crippen molar-refractivity contribution in [3.8, 4) is 0 Å². The number of carbonyl (C=O) groups excluding carboxylic acids is 1. The molecule has 0 atom stereocenters. The van der Waals surface area contributed by atoms with Gasteiger partial charge in [-0.15, -0.1) is 0 Å². The van der Waals surface area contributed by atoms with Crippen molar-refractivity contribution in [2.75, 3.05) is 17.2 Å². The molecule has 0 saturated carbocycles. The molecule has 1 heterocycles. The summed E-state index contributed by atoms with van der Waals surface area (Å²) in [6.07, 6.45) is 2.56. The van der Waals surface area contributed by atoms with Gasteiger partial charge in [0.15, 0.2) is 0 Å². The van der Waals surface area contributed by atoms with Gasteiger partial charge in [-0.25, -0.2) is 9.97 Å². The van der Waals surface area contributed by atoms with Crippen LogP contribution in [0.3, 0.4) is 0 Å². The lowest BCUT2D eigenvalue weighted by Crippen LogP contribution is -2.16. The highest BCUT2D eigenvalue weighted by Crippen LogP contribution is 2.16. The van der Waals surface area contributed by atoms with E-state index in [0.717, 1.165) is 24.2 Å². The fraction of sp³-hybridized carbons (Fsp3) is 0.312. The lowest BCUT2D eigenvalue weighted by atomic mass is 10.1. The van der Waals surface area contributed by atoms with E-state index in [2.05, 4.69) is 27.5 Å². The first-order valence-electron chi connectivity index (χ1n) is 7.05. The first-order chi connectivity index (χ1) is 10.1. The second-order valence-electron chi connectivity index (χ2n) is 4.96. The van der Waals surface area contributed by atoms with E-state index in [1.807, 2.05) is 32.0 Å². The Kier molecular flexibility index (Phi) is 4.87. The normalized spacial score (nSPS) is 10.2. The third kappa shape index (κ3) is 4.02. The number of nitrogens with one attached hydrogen (secondary N) is 2. The van der Waals surface area contributed by atoms with Gasteiger partial charge < -0.3 is 10.6 Å². The zero-order chi connectivity index (χ0) is 15.2. The summed E-state index contributed by atoms with van der Waals surface area (Å²) in [5.74, 6) is 0.244. The topological polar surface area (TPSA) is 66.9 Å². The Hall–Kier alpha value is -2.43. The van der Waals surface area contributed by atoms with E-state index in [4.69, 9.17) is 0 Å². The Bertz CT molecular complexity index is 640. The number of amides is 1. The van der Waals surface area contributed by atoms with Crippen LogP contribution >= 0.6 is 0 Å². The van der Waals surface area contributed by atoms with Crippen molar-refractivity contribution in [1.82, 2.24) is 9.97 Å². The number of benzene rings is 1. The molecule has 2 N–H and O–H groups in total. The number of carbonyl (C=O) groups is 1. The standard InChI is InChI=1S/C16H20N4O/c1-4-8-17-16-18-9-7-14(20-16)15(21)19-13-6-5-11(2)10-12(13)3/h5-7,9-10H,4,8H2,1-3H3,(H,19,21)(H,17,18,20). The van der Waals surface area contributed by atoms with E-state index in [9.17, 15) is 4.79 Å². The van der Waals surface area contributed by atoms with Gasteiger partial charge in [-0.1, -0.05) is 24.6 Å². The van der Waals surface area contributed by atoms with Gasteiger partial charge >= 0.3 is 0 Å². The molecule has 0 unspecified atom stereocenters. The molecular formula is C16H20N4O. The summed E-state index contributed by atoms with van der Waals surface area (Å²) in [6.45, 7) is 6.83. The Balaban J connectivity index is 2.12. The third-order valence-electron chi connectivity index (χ3n) is 3.05. The monoisotopic (exact) mass is 284 g/mol. The Morgan fingerprint density at radius 1 is 1.24 bits per heavy atom. The van der Waals surface area contributed by atoms with Crippen molar-refractivity contribution in [1.29, 1.82) is 0 Å². The second kappa shape index (κ2) is 6.83. The largest absolute Gasteiger partial charge is 0.354 e. The van der Waals surface area contributed by atoms with Crippen LogP contribution in [-0.4, -0.2) is 22.4 Å². The van der Waals surface area contributed by atoms with E-state index in [1.54, 1.807) is 12.3 Å². The summed E-state index contributed by atoms with van der Waals surface area (Å²) in [5, 5.41) is 5.95. The molecule has 5 heteroatoms. The maximum Gasteiger partial charge on any atom is 0.274 e. The minimum atomic E-state index is -0.232. The number of nitrogens with zero attached hydrogens (tertiary/aromatic N) is 2. The van der Waals surface area contributed by atoms with Gasteiger partial charge in [0, 0.05) is 18.4 Å². The first-order valence-corrected chi connectivity index (χ1v) is 7.05. The van der Waals surface area contributed by atoms with Crippen molar-refractivity contribution in [2.45, 2.75) is 27.2 Å². The smallest absolute Gasteiger partial charge is 0.274 e. The fourth-order valence-corrected chi connectivity index (χ4v) is 1.95. The van der Waals surface area contributed by atoms with Crippen LogP contribution in [0.1, 0.15) is 35.0 Å². The van der Waals surface area contributed by atoms with E-state index >= 15 is 0 Å². The van der Waals surface area contributed by atoms with E-state index in [0.29, 0.717) is 11.6 Å².